The van der Waals surface area contributed by atoms with Crippen LogP contribution < -0.4 is 4.74 Å². The van der Waals surface area contributed by atoms with Crippen LogP contribution in [0.15, 0.2) is 24.3 Å². The first kappa shape index (κ1) is 15.2. The van der Waals surface area contributed by atoms with Crippen molar-refractivity contribution in [1.29, 1.82) is 0 Å². The molecule has 0 saturated heterocycles. The van der Waals surface area contributed by atoms with Gasteiger partial charge in [-0.15, -0.1) is 5.10 Å². The highest BCUT2D eigenvalue weighted by atomic mass is 16.5. The zero-order valence-electron chi connectivity index (χ0n) is 12.8. The number of Topliss-reactive ketones (excluding diaryl/α,β-unsaturated/α-hetero) is 1. The maximum Gasteiger partial charge on any atom is 0.181 e. The van der Waals surface area contributed by atoms with E-state index in [1.165, 1.54) is 6.92 Å². The SMILES string of the molecule is CC(=O)c1nnn(CCCCOc2ccccc2C)c1C. The van der Waals surface area contributed by atoms with Gasteiger partial charge in [0, 0.05) is 13.5 Å². The van der Waals surface area contributed by atoms with Crippen molar-refractivity contribution in [3.8, 4) is 5.75 Å². The fourth-order valence-corrected chi connectivity index (χ4v) is 2.16. The van der Waals surface area contributed by atoms with Crippen LogP contribution in [0.1, 0.15) is 41.5 Å². The molecule has 0 aliphatic carbocycles. The van der Waals surface area contributed by atoms with Crippen molar-refractivity contribution in [1.82, 2.24) is 15.0 Å². The van der Waals surface area contributed by atoms with Gasteiger partial charge in [0.1, 0.15) is 5.75 Å². The standard InChI is InChI=1S/C16H21N3O2/c1-12-8-4-5-9-15(12)21-11-7-6-10-19-13(2)16(14(3)20)17-18-19/h4-5,8-9H,6-7,10-11H2,1-3H3. The van der Waals surface area contributed by atoms with E-state index in [4.69, 9.17) is 4.74 Å². The minimum absolute atomic E-state index is 0.0402. The van der Waals surface area contributed by atoms with Gasteiger partial charge in [0.15, 0.2) is 11.5 Å². The minimum Gasteiger partial charge on any atom is -0.493 e. The third kappa shape index (κ3) is 3.90. The molecule has 5 heteroatoms. The molecule has 112 valence electrons. The molecule has 0 bridgehead atoms. The number of carbonyl (C=O) groups excluding carboxylic acids is 1. The van der Waals surface area contributed by atoms with Crippen molar-refractivity contribution in [2.75, 3.05) is 6.61 Å². The molecule has 1 heterocycles. The highest BCUT2D eigenvalue weighted by Crippen LogP contribution is 2.16. The van der Waals surface area contributed by atoms with E-state index in [-0.39, 0.29) is 5.78 Å². The molecule has 0 spiro atoms. The number of hydrogen-bond donors (Lipinski definition) is 0. The van der Waals surface area contributed by atoms with Crippen LogP contribution in [0.4, 0.5) is 0 Å². The summed E-state index contributed by atoms with van der Waals surface area (Å²) in [7, 11) is 0. The first-order valence-electron chi connectivity index (χ1n) is 7.19. The summed E-state index contributed by atoms with van der Waals surface area (Å²) in [6.07, 6.45) is 1.87. The van der Waals surface area contributed by atoms with Gasteiger partial charge in [-0.2, -0.15) is 0 Å². The largest absolute Gasteiger partial charge is 0.493 e. The summed E-state index contributed by atoms with van der Waals surface area (Å²) < 4.78 is 7.53. The Morgan fingerprint density at radius 2 is 2.00 bits per heavy atom. The first-order valence-corrected chi connectivity index (χ1v) is 7.19. The van der Waals surface area contributed by atoms with Gasteiger partial charge in [0.05, 0.1) is 12.3 Å². The first-order chi connectivity index (χ1) is 10.1. The van der Waals surface area contributed by atoms with Gasteiger partial charge < -0.3 is 4.74 Å². The van der Waals surface area contributed by atoms with E-state index in [1.807, 2.05) is 38.1 Å². The lowest BCUT2D eigenvalue weighted by Crippen LogP contribution is -2.06. The topological polar surface area (TPSA) is 57.0 Å². The molecule has 0 aliphatic heterocycles. The van der Waals surface area contributed by atoms with Crippen molar-refractivity contribution >= 4 is 5.78 Å². The number of aromatic nitrogens is 3. The predicted octanol–water partition coefficient (Wildman–Crippen LogP) is 2.96. The number of para-hydroxylation sites is 1. The Hall–Kier alpha value is -2.17. The van der Waals surface area contributed by atoms with Crippen LogP contribution in [-0.2, 0) is 6.54 Å². The number of carbonyl (C=O) groups is 1. The number of ether oxygens (including phenoxy) is 1. The lowest BCUT2D eigenvalue weighted by Gasteiger charge is -2.08. The lowest BCUT2D eigenvalue weighted by molar-refractivity contribution is 0.101. The fraction of sp³-hybridized carbons (Fsp3) is 0.438. The normalized spacial score (nSPS) is 10.6. The molecule has 0 atom stereocenters. The highest BCUT2D eigenvalue weighted by molar-refractivity contribution is 5.92. The van der Waals surface area contributed by atoms with Gasteiger partial charge in [-0.3, -0.25) is 4.79 Å². The van der Waals surface area contributed by atoms with E-state index in [2.05, 4.69) is 10.3 Å². The van der Waals surface area contributed by atoms with Crippen molar-refractivity contribution < 1.29 is 9.53 Å². The van der Waals surface area contributed by atoms with E-state index in [0.29, 0.717) is 12.3 Å². The van der Waals surface area contributed by atoms with Crippen LogP contribution >= 0.6 is 0 Å². The number of unbranched alkanes of at least 4 members (excludes halogenated alkanes) is 1. The highest BCUT2D eigenvalue weighted by Gasteiger charge is 2.11. The zero-order valence-corrected chi connectivity index (χ0v) is 12.8. The van der Waals surface area contributed by atoms with E-state index in [9.17, 15) is 4.79 Å². The van der Waals surface area contributed by atoms with Crippen LogP contribution in [0.3, 0.4) is 0 Å². The maximum absolute atomic E-state index is 11.3. The second-order valence-electron chi connectivity index (χ2n) is 5.12. The summed E-state index contributed by atoms with van der Waals surface area (Å²) in [6.45, 7) is 6.86. The molecule has 0 fully saturated rings. The van der Waals surface area contributed by atoms with E-state index >= 15 is 0 Å². The molecule has 0 amide bonds. The average Bonchev–Trinajstić information content (AvgIpc) is 2.82. The quantitative estimate of drug-likeness (QED) is 0.580. The molecule has 0 N–H and O–H groups in total. The monoisotopic (exact) mass is 287 g/mol. The van der Waals surface area contributed by atoms with Crippen LogP contribution in [0.2, 0.25) is 0 Å². The van der Waals surface area contributed by atoms with Crippen LogP contribution in [0.25, 0.3) is 0 Å². The molecule has 2 aromatic rings. The summed E-state index contributed by atoms with van der Waals surface area (Å²) in [5.41, 5.74) is 2.45. The Morgan fingerprint density at radius 1 is 1.24 bits per heavy atom. The third-order valence-corrected chi connectivity index (χ3v) is 3.43. The summed E-state index contributed by atoms with van der Waals surface area (Å²) in [5.74, 6) is 0.898. The van der Waals surface area contributed by atoms with Crippen molar-refractivity contribution in [2.24, 2.45) is 0 Å². The molecule has 1 aromatic carbocycles. The molecular formula is C16H21N3O2. The zero-order chi connectivity index (χ0) is 15.2. The Bertz CT molecular complexity index is 620. The van der Waals surface area contributed by atoms with Crippen LogP contribution in [-0.4, -0.2) is 27.4 Å². The van der Waals surface area contributed by atoms with Gasteiger partial charge >= 0.3 is 0 Å². The van der Waals surface area contributed by atoms with Crippen molar-refractivity contribution in [3.63, 3.8) is 0 Å². The molecule has 21 heavy (non-hydrogen) atoms. The molecule has 2 rings (SSSR count). The number of benzene rings is 1. The summed E-state index contributed by atoms with van der Waals surface area (Å²) in [4.78, 5) is 11.3. The summed E-state index contributed by atoms with van der Waals surface area (Å²) in [6, 6.07) is 8.00. The molecule has 0 saturated carbocycles. The van der Waals surface area contributed by atoms with Gasteiger partial charge in [0.25, 0.3) is 0 Å². The second kappa shape index (κ2) is 7.02. The number of hydrogen-bond acceptors (Lipinski definition) is 4. The minimum atomic E-state index is -0.0402. The van der Waals surface area contributed by atoms with Crippen LogP contribution in [0, 0.1) is 13.8 Å². The van der Waals surface area contributed by atoms with E-state index in [0.717, 1.165) is 36.4 Å². The van der Waals surface area contributed by atoms with E-state index in [1.54, 1.807) is 4.68 Å². The van der Waals surface area contributed by atoms with Gasteiger partial charge in [-0.1, -0.05) is 23.4 Å². The lowest BCUT2D eigenvalue weighted by atomic mass is 10.2. The van der Waals surface area contributed by atoms with Crippen LogP contribution in [0.5, 0.6) is 5.75 Å². The van der Waals surface area contributed by atoms with Gasteiger partial charge in [-0.05, 0) is 38.3 Å². The predicted molar refractivity (Wildman–Crippen MR) is 80.7 cm³/mol. The van der Waals surface area contributed by atoms with Gasteiger partial charge in [-0.25, -0.2) is 4.68 Å². The number of ketones is 1. The third-order valence-electron chi connectivity index (χ3n) is 3.43. The number of aryl methyl sites for hydroxylation is 2. The molecule has 5 nitrogen and oxygen atoms in total. The second-order valence-corrected chi connectivity index (χ2v) is 5.12. The Balaban J connectivity index is 1.75. The molecule has 0 aliphatic rings. The summed E-state index contributed by atoms with van der Waals surface area (Å²) >= 11 is 0. The van der Waals surface area contributed by atoms with Crippen molar-refractivity contribution in [2.45, 2.75) is 40.2 Å². The smallest absolute Gasteiger partial charge is 0.181 e. The van der Waals surface area contributed by atoms with Crippen molar-refractivity contribution in [3.05, 3.63) is 41.2 Å². The Morgan fingerprint density at radius 3 is 2.67 bits per heavy atom. The fourth-order valence-electron chi connectivity index (χ4n) is 2.16. The van der Waals surface area contributed by atoms with E-state index < -0.39 is 0 Å². The number of nitrogens with zero attached hydrogens (tertiary/aromatic N) is 3. The molecule has 0 unspecified atom stereocenters. The number of rotatable bonds is 7. The van der Waals surface area contributed by atoms with Gasteiger partial charge in [0.2, 0.25) is 0 Å². The molecular weight excluding hydrogens is 266 g/mol. The summed E-state index contributed by atoms with van der Waals surface area (Å²) in [5, 5.41) is 7.92. The Kier molecular flexibility index (Phi) is 5.09. The average molecular weight is 287 g/mol. The maximum atomic E-state index is 11.3. The molecule has 0 radical (unpaired) electrons. The Labute approximate surface area is 124 Å². The molecule has 1 aromatic heterocycles.